The van der Waals surface area contributed by atoms with Crippen molar-refractivity contribution >= 4 is 21.9 Å². The number of nitrogens with two attached hydrogens (primary N) is 1. The van der Waals surface area contributed by atoms with Crippen molar-refractivity contribution in [2.45, 2.75) is 0 Å². The van der Waals surface area contributed by atoms with E-state index in [2.05, 4.69) is 25.9 Å². The molecule has 1 heterocycles. The van der Waals surface area contributed by atoms with Gasteiger partial charge in [0.15, 0.2) is 0 Å². The molecule has 0 aliphatic heterocycles. The first-order chi connectivity index (χ1) is 7.58. The van der Waals surface area contributed by atoms with Crippen molar-refractivity contribution in [3.8, 4) is 17.0 Å². The highest BCUT2D eigenvalue weighted by atomic mass is 79.9. The van der Waals surface area contributed by atoms with Crippen molar-refractivity contribution in [1.82, 2.24) is 9.97 Å². The fourth-order valence-electron chi connectivity index (χ4n) is 1.36. The van der Waals surface area contributed by atoms with E-state index >= 15 is 0 Å². The van der Waals surface area contributed by atoms with Crippen molar-refractivity contribution in [2.24, 2.45) is 0 Å². The van der Waals surface area contributed by atoms with Crippen molar-refractivity contribution < 1.29 is 5.11 Å². The van der Waals surface area contributed by atoms with Crippen LogP contribution < -0.4 is 11.3 Å². The molecule has 0 amide bonds. The van der Waals surface area contributed by atoms with Gasteiger partial charge in [0, 0.05) is 4.47 Å². The lowest BCUT2D eigenvalue weighted by atomic mass is 10.1. The van der Waals surface area contributed by atoms with E-state index in [1.54, 1.807) is 24.3 Å². The van der Waals surface area contributed by atoms with Gasteiger partial charge in [-0.25, -0.2) is 0 Å². The predicted octanol–water partition coefficient (Wildman–Crippen LogP) is 1.49. The smallest absolute Gasteiger partial charge is 0.264 e. The van der Waals surface area contributed by atoms with Gasteiger partial charge >= 0.3 is 0 Å². The van der Waals surface area contributed by atoms with Crippen LogP contribution in [0.2, 0.25) is 0 Å². The molecule has 1 aromatic heterocycles. The molecule has 5 nitrogen and oxygen atoms in total. The molecule has 4 N–H and O–H groups in total. The number of aromatic amines is 1. The summed E-state index contributed by atoms with van der Waals surface area (Å²) < 4.78 is 0.885. The van der Waals surface area contributed by atoms with Gasteiger partial charge in [0.25, 0.3) is 5.56 Å². The SMILES string of the molecule is Nc1nc(O)c(-c2ccc(Br)cc2)c(=O)[nH]1. The number of benzene rings is 1. The average molecular weight is 282 g/mol. The molecule has 0 unspecified atom stereocenters. The minimum absolute atomic E-state index is 0.108. The largest absolute Gasteiger partial charge is 0.493 e. The Labute approximate surface area is 99.1 Å². The fourth-order valence-corrected chi connectivity index (χ4v) is 1.62. The number of aromatic hydroxyl groups is 1. The molecular formula is C10H8BrN3O2. The first-order valence-corrected chi connectivity index (χ1v) is 5.22. The Bertz CT molecular complexity index is 578. The summed E-state index contributed by atoms with van der Waals surface area (Å²) >= 11 is 3.28. The Kier molecular flexibility index (Phi) is 2.66. The van der Waals surface area contributed by atoms with E-state index in [4.69, 9.17) is 5.73 Å². The average Bonchev–Trinajstić information content (AvgIpc) is 2.19. The summed E-state index contributed by atoms with van der Waals surface area (Å²) in [5.41, 5.74) is 5.52. The Morgan fingerprint density at radius 2 is 1.94 bits per heavy atom. The normalized spacial score (nSPS) is 10.3. The third kappa shape index (κ3) is 1.92. The molecule has 0 radical (unpaired) electrons. The number of nitrogens with zero attached hydrogens (tertiary/aromatic N) is 1. The molecule has 0 atom stereocenters. The molecule has 2 rings (SSSR count). The van der Waals surface area contributed by atoms with Crippen LogP contribution in [0.25, 0.3) is 11.1 Å². The number of H-pyrrole nitrogens is 1. The van der Waals surface area contributed by atoms with Crippen LogP contribution in [0, 0.1) is 0 Å². The molecule has 82 valence electrons. The summed E-state index contributed by atoms with van der Waals surface area (Å²) in [6, 6.07) is 6.94. The van der Waals surface area contributed by atoms with Gasteiger partial charge in [-0.2, -0.15) is 4.98 Å². The lowest BCUT2D eigenvalue weighted by Gasteiger charge is -2.03. The van der Waals surface area contributed by atoms with E-state index in [1.165, 1.54) is 0 Å². The molecule has 2 aromatic rings. The fraction of sp³-hybridized carbons (Fsp3) is 0. The van der Waals surface area contributed by atoms with Crippen LogP contribution in [0.3, 0.4) is 0 Å². The Morgan fingerprint density at radius 3 is 2.50 bits per heavy atom. The number of aromatic nitrogens is 2. The summed E-state index contributed by atoms with van der Waals surface area (Å²) in [4.78, 5) is 17.5. The first-order valence-electron chi connectivity index (χ1n) is 4.42. The summed E-state index contributed by atoms with van der Waals surface area (Å²) in [5.74, 6) is -0.480. The van der Waals surface area contributed by atoms with E-state index in [-0.39, 0.29) is 17.4 Å². The van der Waals surface area contributed by atoms with Crippen LogP contribution >= 0.6 is 15.9 Å². The van der Waals surface area contributed by atoms with E-state index in [1.807, 2.05) is 0 Å². The van der Waals surface area contributed by atoms with Gasteiger partial charge in [0.2, 0.25) is 11.8 Å². The summed E-state index contributed by atoms with van der Waals surface area (Å²) in [5, 5.41) is 9.57. The zero-order valence-corrected chi connectivity index (χ0v) is 9.65. The molecule has 6 heteroatoms. The van der Waals surface area contributed by atoms with E-state index < -0.39 is 5.56 Å². The second-order valence-electron chi connectivity index (χ2n) is 3.16. The van der Waals surface area contributed by atoms with Crippen LogP contribution in [0.5, 0.6) is 5.88 Å². The molecule has 16 heavy (non-hydrogen) atoms. The number of rotatable bonds is 1. The Balaban J connectivity index is 2.65. The van der Waals surface area contributed by atoms with Crippen molar-refractivity contribution in [3.05, 3.63) is 39.1 Å². The van der Waals surface area contributed by atoms with Crippen LogP contribution in [0.15, 0.2) is 33.5 Å². The lowest BCUT2D eigenvalue weighted by molar-refractivity contribution is 0.454. The number of hydrogen-bond acceptors (Lipinski definition) is 4. The number of nitrogen functional groups attached to an aromatic ring is 1. The second-order valence-corrected chi connectivity index (χ2v) is 4.07. The highest BCUT2D eigenvalue weighted by Crippen LogP contribution is 2.24. The highest BCUT2D eigenvalue weighted by molar-refractivity contribution is 9.10. The third-order valence-electron chi connectivity index (χ3n) is 2.05. The van der Waals surface area contributed by atoms with E-state index in [0.29, 0.717) is 5.56 Å². The van der Waals surface area contributed by atoms with Crippen molar-refractivity contribution in [2.75, 3.05) is 5.73 Å². The molecule has 0 fully saturated rings. The zero-order chi connectivity index (χ0) is 11.7. The standard InChI is InChI=1S/C10H8BrN3O2/c11-6-3-1-5(2-4-6)7-8(15)13-10(12)14-9(7)16/h1-4H,(H4,12,13,14,15,16). The van der Waals surface area contributed by atoms with E-state index in [0.717, 1.165) is 4.47 Å². The van der Waals surface area contributed by atoms with E-state index in [9.17, 15) is 9.90 Å². The zero-order valence-electron chi connectivity index (χ0n) is 8.07. The van der Waals surface area contributed by atoms with Crippen LogP contribution in [-0.2, 0) is 0 Å². The summed E-state index contributed by atoms with van der Waals surface area (Å²) in [6.45, 7) is 0. The molecule has 1 aromatic carbocycles. The van der Waals surface area contributed by atoms with Crippen molar-refractivity contribution in [3.63, 3.8) is 0 Å². The third-order valence-corrected chi connectivity index (χ3v) is 2.58. The van der Waals surface area contributed by atoms with Gasteiger partial charge in [0.05, 0.1) is 0 Å². The Morgan fingerprint density at radius 1 is 1.31 bits per heavy atom. The molecule has 0 bridgehead atoms. The number of halogens is 1. The predicted molar refractivity (Wildman–Crippen MR) is 64.1 cm³/mol. The van der Waals surface area contributed by atoms with Crippen LogP contribution in [-0.4, -0.2) is 15.1 Å². The van der Waals surface area contributed by atoms with Gasteiger partial charge in [-0.05, 0) is 17.7 Å². The number of anilines is 1. The van der Waals surface area contributed by atoms with Crippen LogP contribution in [0.4, 0.5) is 5.95 Å². The number of hydrogen-bond donors (Lipinski definition) is 3. The molecular weight excluding hydrogens is 274 g/mol. The lowest BCUT2D eigenvalue weighted by Crippen LogP contribution is -2.13. The highest BCUT2D eigenvalue weighted by Gasteiger charge is 2.11. The van der Waals surface area contributed by atoms with Gasteiger partial charge in [-0.15, -0.1) is 0 Å². The number of nitrogens with one attached hydrogen (secondary N) is 1. The quantitative estimate of drug-likeness (QED) is 0.738. The first kappa shape index (κ1) is 10.7. The Hall–Kier alpha value is -1.82. The summed E-state index contributed by atoms with van der Waals surface area (Å²) in [6.07, 6.45) is 0. The van der Waals surface area contributed by atoms with Gasteiger partial charge in [0.1, 0.15) is 5.56 Å². The summed E-state index contributed by atoms with van der Waals surface area (Å²) in [7, 11) is 0. The van der Waals surface area contributed by atoms with Crippen LogP contribution in [0.1, 0.15) is 0 Å². The maximum Gasteiger partial charge on any atom is 0.264 e. The van der Waals surface area contributed by atoms with Gasteiger partial charge < -0.3 is 10.8 Å². The van der Waals surface area contributed by atoms with Gasteiger partial charge in [-0.3, -0.25) is 9.78 Å². The van der Waals surface area contributed by atoms with Crippen molar-refractivity contribution in [1.29, 1.82) is 0 Å². The molecule has 0 aliphatic rings. The minimum Gasteiger partial charge on any atom is -0.493 e. The topological polar surface area (TPSA) is 92.0 Å². The molecule has 0 saturated carbocycles. The molecule has 0 aliphatic carbocycles. The molecule has 0 spiro atoms. The second kappa shape index (κ2) is 3.97. The minimum atomic E-state index is -0.465. The maximum absolute atomic E-state index is 11.6. The molecule has 0 saturated heterocycles. The maximum atomic E-state index is 11.6. The van der Waals surface area contributed by atoms with Gasteiger partial charge in [-0.1, -0.05) is 28.1 Å². The monoisotopic (exact) mass is 281 g/mol.